The number of Topliss-reactive ketones (excluding diaryl/α,β-unsaturated/α-hetero) is 1. The maximum atomic E-state index is 13.0. The molecule has 2 aromatic carbocycles. The number of amides is 1. The number of nitrogens with zero attached hydrogens (tertiary/aromatic N) is 1. The highest BCUT2D eigenvalue weighted by Gasteiger charge is 2.47. The molecule has 0 aromatic heterocycles. The number of hydrogen-bond acceptors (Lipinski definition) is 5. The standard InChI is InChI=1S/C23H22ClNO5/c1-29-17-5-2-4-15(12-17)20-19(21(26)14-7-9-16(24)10-8-14)22(27)23(28)25(20)13-18-6-3-11-30-18/h2,4-5,7-10,12,18,20,26H,3,6,11,13H2,1H3/t18-,20+/m1/s1. The summed E-state index contributed by atoms with van der Waals surface area (Å²) in [7, 11) is 1.55. The van der Waals surface area contributed by atoms with Gasteiger partial charge in [0.25, 0.3) is 11.7 Å². The number of carbonyl (C=O) groups is 2. The molecule has 30 heavy (non-hydrogen) atoms. The molecule has 1 N–H and O–H groups in total. The maximum Gasteiger partial charge on any atom is 0.295 e. The summed E-state index contributed by atoms with van der Waals surface area (Å²) >= 11 is 5.95. The van der Waals surface area contributed by atoms with Gasteiger partial charge in [-0.15, -0.1) is 0 Å². The number of carbonyl (C=O) groups excluding carboxylic acids is 2. The summed E-state index contributed by atoms with van der Waals surface area (Å²) in [5.41, 5.74) is 1.15. The summed E-state index contributed by atoms with van der Waals surface area (Å²) < 4.78 is 11.0. The number of halogens is 1. The minimum atomic E-state index is -0.736. The first kappa shape index (κ1) is 20.4. The van der Waals surface area contributed by atoms with Gasteiger partial charge in [-0.1, -0.05) is 23.7 Å². The van der Waals surface area contributed by atoms with Crippen LogP contribution in [0.5, 0.6) is 5.75 Å². The lowest BCUT2D eigenvalue weighted by molar-refractivity contribution is -0.140. The van der Waals surface area contributed by atoms with Crippen LogP contribution in [0.4, 0.5) is 0 Å². The predicted molar refractivity (Wildman–Crippen MR) is 112 cm³/mol. The second-order valence-electron chi connectivity index (χ2n) is 7.37. The molecule has 156 valence electrons. The predicted octanol–water partition coefficient (Wildman–Crippen LogP) is 3.95. The van der Waals surface area contributed by atoms with Crippen LogP contribution in [0.2, 0.25) is 5.02 Å². The number of likely N-dealkylation sites (tertiary alicyclic amines) is 1. The Morgan fingerprint density at radius 1 is 1.23 bits per heavy atom. The number of methoxy groups -OCH3 is 1. The fourth-order valence-corrected chi connectivity index (χ4v) is 4.12. The molecule has 4 rings (SSSR count). The molecule has 6 nitrogen and oxygen atoms in total. The van der Waals surface area contributed by atoms with Gasteiger partial charge in [-0.25, -0.2) is 0 Å². The topological polar surface area (TPSA) is 76.1 Å². The van der Waals surface area contributed by atoms with E-state index in [0.717, 1.165) is 12.8 Å². The molecule has 2 aliphatic rings. The van der Waals surface area contributed by atoms with E-state index in [9.17, 15) is 14.7 Å². The third kappa shape index (κ3) is 3.80. The van der Waals surface area contributed by atoms with Crippen LogP contribution in [-0.2, 0) is 14.3 Å². The molecule has 2 fully saturated rings. The maximum absolute atomic E-state index is 13.0. The van der Waals surface area contributed by atoms with Gasteiger partial charge in [0.05, 0.1) is 24.8 Å². The van der Waals surface area contributed by atoms with Gasteiger partial charge >= 0.3 is 0 Å². The first-order chi connectivity index (χ1) is 14.5. The van der Waals surface area contributed by atoms with Gasteiger partial charge in [0, 0.05) is 23.7 Å². The van der Waals surface area contributed by atoms with Gasteiger partial charge in [-0.2, -0.15) is 0 Å². The molecule has 2 aromatic rings. The van der Waals surface area contributed by atoms with E-state index in [2.05, 4.69) is 0 Å². The average Bonchev–Trinajstić information content (AvgIpc) is 3.36. The molecule has 2 atom stereocenters. The largest absolute Gasteiger partial charge is 0.507 e. The number of ether oxygens (including phenoxy) is 2. The highest BCUT2D eigenvalue weighted by Crippen LogP contribution is 2.41. The Bertz CT molecular complexity index is 995. The Morgan fingerprint density at radius 3 is 2.67 bits per heavy atom. The van der Waals surface area contributed by atoms with Gasteiger partial charge < -0.3 is 19.5 Å². The number of aliphatic hydroxyl groups excluding tert-OH is 1. The quantitative estimate of drug-likeness (QED) is 0.444. The van der Waals surface area contributed by atoms with Crippen molar-refractivity contribution >= 4 is 29.1 Å². The monoisotopic (exact) mass is 427 g/mol. The zero-order valence-electron chi connectivity index (χ0n) is 16.5. The number of aliphatic hydroxyl groups is 1. The van der Waals surface area contributed by atoms with E-state index in [-0.39, 0.29) is 24.0 Å². The van der Waals surface area contributed by atoms with Crippen LogP contribution in [0.15, 0.2) is 54.1 Å². The lowest BCUT2D eigenvalue weighted by Crippen LogP contribution is -2.36. The summed E-state index contributed by atoms with van der Waals surface area (Å²) in [6.07, 6.45) is 1.61. The normalized spacial score (nSPS) is 23.2. The molecule has 0 unspecified atom stereocenters. The Hall–Kier alpha value is -2.83. The van der Waals surface area contributed by atoms with Crippen molar-refractivity contribution in [3.63, 3.8) is 0 Å². The molecule has 2 aliphatic heterocycles. The van der Waals surface area contributed by atoms with Crippen molar-refractivity contribution in [2.45, 2.75) is 25.0 Å². The molecule has 0 radical (unpaired) electrons. The molecule has 7 heteroatoms. The summed E-state index contributed by atoms with van der Waals surface area (Å²) in [5, 5.41) is 11.5. The van der Waals surface area contributed by atoms with Crippen molar-refractivity contribution < 1.29 is 24.2 Å². The smallest absolute Gasteiger partial charge is 0.295 e. The number of rotatable bonds is 5. The molecule has 0 spiro atoms. The van der Waals surface area contributed by atoms with Crippen molar-refractivity contribution in [1.82, 2.24) is 4.90 Å². The van der Waals surface area contributed by atoms with Gasteiger partial charge in [-0.3, -0.25) is 9.59 Å². The van der Waals surface area contributed by atoms with E-state index < -0.39 is 17.7 Å². The first-order valence-corrected chi connectivity index (χ1v) is 10.2. The Balaban J connectivity index is 1.83. The van der Waals surface area contributed by atoms with Crippen LogP contribution < -0.4 is 4.74 Å². The summed E-state index contributed by atoms with van der Waals surface area (Å²) in [4.78, 5) is 27.5. The van der Waals surface area contributed by atoms with Crippen LogP contribution >= 0.6 is 11.6 Å². The van der Waals surface area contributed by atoms with E-state index in [0.29, 0.717) is 28.5 Å². The van der Waals surface area contributed by atoms with Crippen LogP contribution in [0.3, 0.4) is 0 Å². The Labute approximate surface area is 179 Å². The highest BCUT2D eigenvalue weighted by atomic mass is 35.5. The van der Waals surface area contributed by atoms with Crippen molar-refractivity contribution in [2.75, 3.05) is 20.3 Å². The van der Waals surface area contributed by atoms with E-state index in [1.165, 1.54) is 4.90 Å². The molecular weight excluding hydrogens is 406 g/mol. The van der Waals surface area contributed by atoms with Crippen molar-refractivity contribution in [3.05, 3.63) is 70.3 Å². The second-order valence-corrected chi connectivity index (χ2v) is 7.81. The number of ketones is 1. The lowest BCUT2D eigenvalue weighted by Gasteiger charge is -2.27. The van der Waals surface area contributed by atoms with Crippen LogP contribution in [0.25, 0.3) is 5.76 Å². The van der Waals surface area contributed by atoms with Gasteiger partial charge in [0.15, 0.2) is 0 Å². The summed E-state index contributed by atoms with van der Waals surface area (Å²) in [6, 6.07) is 12.9. The van der Waals surface area contributed by atoms with E-state index in [1.807, 2.05) is 6.07 Å². The van der Waals surface area contributed by atoms with E-state index in [4.69, 9.17) is 21.1 Å². The zero-order valence-corrected chi connectivity index (χ0v) is 17.3. The van der Waals surface area contributed by atoms with Crippen molar-refractivity contribution in [3.8, 4) is 5.75 Å². The minimum absolute atomic E-state index is 0.0496. The molecule has 2 heterocycles. The first-order valence-electron chi connectivity index (χ1n) is 9.79. The molecule has 1 amide bonds. The summed E-state index contributed by atoms with van der Waals surface area (Å²) in [5.74, 6) is -0.989. The lowest BCUT2D eigenvalue weighted by atomic mass is 9.95. The Kier molecular flexibility index (Phi) is 5.79. The molecule has 2 saturated heterocycles. The number of benzene rings is 2. The van der Waals surface area contributed by atoms with Crippen LogP contribution in [-0.4, -0.2) is 48.1 Å². The summed E-state index contributed by atoms with van der Waals surface area (Å²) in [6.45, 7) is 0.924. The van der Waals surface area contributed by atoms with Gasteiger partial charge in [0.1, 0.15) is 11.5 Å². The number of hydrogen-bond donors (Lipinski definition) is 1. The van der Waals surface area contributed by atoms with Crippen LogP contribution in [0, 0.1) is 0 Å². The third-order valence-electron chi connectivity index (χ3n) is 5.49. The SMILES string of the molecule is COc1cccc([C@H]2C(=C(O)c3ccc(Cl)cc3)C(=O)C(=O)N2C[C@H]2CCCO2)c1. The second kappa shape index (κ2) is 8.50. The van der Waals surface area contributed by atoms with E-state index in [1.54, 1.807) is 49.6 Å². The van der Waals surface area contributed by atoms with Gasteiger partial charge in [0.2, 0.25) is 0 Å². The van der Waals surface area contributed by atoms with Crippen LogP contribution in [0.1, 0.15) is 30.0 Å². The Morgan fingerprint density at radius 2 is 2.00 bits per heavy atom. The zero-order chi connectivity index (χ0) is 21.3. The highest BCUT2D eigenvalue weighted by molar-refractivity contribution is 6.46. The van der Waals surface area contributed by atoms with Crippen molar-refractivity contribution in [1.29, 1.82) is 0 Å². The minimum Gasteiger partial charge on any atom is -0.507 e. The average molecular weight is 428 g/mol. The van der Waals surface area contributed by atoms with E-state index >= 15 is 0 Å². The molecule has 0 bridgehead atoms. The van der Waals surface area contributed by atoms with Gasteiger partial charge in [-0.05, 0) is 54.8 Å². The fraction of sp³-hybridized carbons (Fsp3) is 0.304. The third-order valence-corrected chi connectivity index (χ3v) is 5.74. The molecular formula is C23H22ClNO5. The fourth-order valence-electron chi connectivity index (χ4n) is 4.00. The molecule has 0 saturated carbocycles. The van der Waals surface area contributed by atoms with Crippen molar-refractivity contribution in [2.24, 2.45) is 0 Å². The molecule has 0 aliphatic carbocycles.